The van der Waals surface area contributed by atoms with Crippen LogP contribution in [0.3, 0.4) is 0 Å². The fraction of sp³-hybridized carbons (Fsp3) is 0.200. The summed E-state index contributed by atoms with van der Waals surface area (Å²) < 4.78 is 34.9. The van der Waals surface area contributed by atoms with Crippen molar-refractivity contribution < 1.29 is 28.1 Å². The van der Waals surface area contributed by atoms with Crippen LogP contribution in [-0.2, 0) is 6.61 Å². The molecule has 1 amide bonds. The van der Waals surface area contributed by atoms with Crippen LogP contribution in [0.4, 0.5) is 4.39 Å². The quantitative estimate of drug-likeness (QED) is 0.360. The molecule has 172 valence electrons. The second-order valence-electron chi connectivity index (χ2n) is 6.85. The predicted octanol–water partition coefficient (Wildman–Crippen LogP) is 4.58. The third-order valence-corrected chi connectivity index (χ3v) is 4.57. The van der Waals surface area contributed by atoms with Gasteiger partial charge in [0.25, 0.3) is 5.91 Å². The van der Waals surface area contributed by atoms with Gasteiger partial charge in [0.2, 0.25) is 0 Å². The summed E-state index contributed by atoms with van der Waals surface area (Å²) in [7, 11) is 3.02. The van der Waals surface area contributed by atoms with Gasteiger partial charge in [-0.05, 0) is 60.5 Å². The van der Waals surface area contributed by atoms with Crippen molar-refractivity contribution in [3.05, 3.63) is 83.2 Å². The highest BCUT2D eigenvalue weighted by atomic mass is 19.1. The molecular formula is C25H25FN2O5. The van der Waals surface area contributed by atoms with E-state index in [-0.39, 0.29) is 12.4 Å². The van der Waals surface area contributed by atoms with Crippen LogP contribution in [0.25, 0.3) is 0 Å². The first-order valence-electron chi connectivity index (χ1n) is 10.2. The number of hydrogen-bond donors (Lipinski definition) is 1. The third-order valence-electron chi connectivity index (χ3n) is 4.57. The summed E-state index contributed by atoms with van der Waals surface area (Å²) in [5.41, 5.74) is 4.37. The van der Waals surface area contributed by atoms with Crippen LogP contribution in [0.5, 0.6) is 23.0 Å². The molecule has 0 radical (unpaired) electrons. The highest BCUT2D eigenvalue weighted by Crippen LogP contribution is 2.29. The van der Waals surface area contributed by atoms with Gasteiger partial charge in [0.05, 0.1) is 27.0 Å². The van der Waals surface area contributed by atoms with Crippen LogP contribution in [0, 0.1) is 5.82 Å². The Morgan fingerprint density at radius 3 is 2.27 bits per heavy atom. The van der Waals surface area contributed by atoms with Gasteiger partial charge >= 0.3 is 0 Å². The van der Waals surface area contributed by atoms with E-state index in [9.17, 15) is 9.18 Å². The summed E-state index contributed by atoms with van der Waals surface area (Å²) in [6.45, 7) is 2.59. The fourth-order valence-corrected chi connectivity index (χ4v) is 2.90. The van der Waals surface area contributed by atoms with E-state index in [1.807, 2.05) is 6.92 Å². The standard InChI is InChI=1S/C25H25FN2O5/c1-4-32-24-11-18(7-10-23(24)33-16-17-5-8-20(26)9-6-17)15-27-28-25(29)19-12-21(30-2)14-22(13-19)31-3/h5-15H,4,16H2,1-3H3,(H,28,29)/b27-15+. The summed E-state index contributed by atoms with van der Waals surface area (Å²) in [6, 6.07) is 16.3. The van der Waals surface area contributed by atoms with E-state index in [0.29, 0.717) is 40.7 Å². The number of amides is 1. The molecule has 0 saturated heterocycles. The molecule has 0 aliphatic heterocycles. The molecule has 33 heavy (non-hydrogen) atoms. The Hall–Kier alpha value is -4.07. The number of rotatable bonds is 10. The van der Waals surface area contributed by atoms with Crippen LogP contribution >= 0.6 is 0 Å². The Morgan fingerprint density at radius 1 is 0.939 bits per heavy atom. The number of nitrogens with zero attached hydrogens (tertiary/aromatic N) is 1. The molecule has 0 heterocycles. The molecule has 0 aromatic heterocycles. The molecule has 0 spiro atoms. The third kappa shape index (κ3) is 6.70. The lowest BCUT2D eigenvalue weighted by Gasteiger charge is -2.12. The summed E-state index contributed by atoms with van der Waals surface area (Å²) in [5.74, 6) is 1.38. The van der Waals surface area contributed by atoms with Crippen molar-refractivity contribution in [3.63, 3.8) is 0 Å². The highest BCUT2D eigenvalue weighted by Gasteiger charge is 2.10. The lowest BCUT2D eigenvalue weighted by atomic mass is 10.2. The predicted molar refractivity (Wildman–Crippen MR) is 123 cm³/mol. The van der Waals surface area contributed by atoms with E-state index in [1.165, 1.54) is 32.6 Å². The molecule has 0 bridgehead atoms. The van der Waals surface area contributed by atoms with E-state index in [1.54, 1.807) is 48.5 Å². The average molecular weight is 452 g/mol. The average Bonchev–Trinajstić information content (AvgIpc) is 2.84. The Kier molecular flexibility index (Phi) is 8.24. The minimum Gasteiger partial charge on any atom is -0.497 e. The Morgan fingerprint density at radius 2 is 1.64 bits per heavy atom. The minimum absolute atomic E-state index is 0.272. The van der Waals surface area contributed by atoms with E-state index >= 15 is 0 Å². The molecule has 3 aromatic rings. The van der Waals surface area contributed by atoms with E-state index in [2.05, 4.69) is 10.5 Å². The second kappa shape index (κ2) is 11.5. The van der Waals surface area contributed by atoms with Gasteiger partial charge in [-0.3, -0.25) is 4.79 Å². The van der Waals surface area contributed by atoms with Crippen LogP contribution < -0.4 is 24.4 Å². The zero-order chi connectivity index (χ0) is 23.6. The second-order valence-corrected chi connectivity index (χ2v) is 6.85. The zero-order valence-corrected chi connectivity index (χ0v) is 18.6. The number of carbonyl (C=O) groups is 1. The molecule has 1 N–H and O–H groups in total. The molecular weight excluding hydrogens is 427 g/mol. The van der Waals surface area contributed by atoms with Gasteiger partial charge in [0, 0.05) is 11.6 Å². The summed E-state index contributed by atoms with van der Waals surface area (Å²) in [4.78, 5) is 12.4. The number of ether oxygens (including phenoxy) is 4. The topological polar surface area (TPSA) is 78.4 Å². The van der Waals surface area contributed by atoms with Gasteiger partial charge < -0.3 is 18.9 Å². The Bertz CT molecular complexity index is 1090. The van der Waals surface area contributed by atoms with Crippen molar-refractivity contribution in [2.75, 3.05) is 20.8 Å². The largest absolute Gasteiger partial charge is 0.497 e. The van der Waals surface area contributed by atoms with Gasteiger partial charge in [-0.1, -0.05) is 12.1 Å². The van der Waals surface area contributed by atoms with Gasteiger partial charge in [-0.2, -0.15) is 5.10 Å². The molecule has 3 rings (SSSR count). The first kappa shape index (κ1) is 23.6. The van der Waals surface area contributed by atoms with Crippen molar-refractivity contribution >= 4 is 12.1 Å². The monoisotopic (exact) mass is 452 g/mol. The summed E-state index contributed by atoms with van der Waals surface area (Å²) >= 11 is 0. The molecule has 8 heteroatoms. The number of halogens is 1. The van der Waals surface area contributed by atoms with E-state index < -0.39 is 5.91 Å². The molecule has 0 aliphatic rings. The number of carbonyl (C=O) groups excluding carboxylic acids is 1. The molecule has 0 atom stereocenters. The maximum absolute atomic E-state index is 13.1. The molecule has 0 fully saturated rings. The maximum atomic E-state index is 13.1. The lowest BCUT2D eigenvalue weighted by molar-refractivity contribution is 0.0954. The molecule has 0 aliphatic carbocycles. The van der Waals surface area contributed by atoms with Crippen LogP contribution in [0.2, 0.25) is 0 Å². The SMILES string of the molecule is CCOc1cc(/C=N/NC(=O)c2cc(OC)cc(OC)c2)ccc1OCc1ccc(F)cc1. The minimum atomic E-state index is -0.410. The Labute approximate surface area is 191 Å². The molecule has 0 saturated carbocycles. The number of nitrogens with one attached hydrogen (secondary N) is 1. The van der Waals surface area contributed by atoms with E-state index in [4.69, 9.17) is 18.9 Å². The number of hydrogen-bond acceptors (Lipinski definition) is 6. The number of hydrazone groups is 1. The highest BCUT2D eigenvalue weighted by molar-refractivity contribution is 5.95. The van der Waals surface area contributed by atoms with Gasteiger partial charge in [-0.15, -0.1) is 0 Å². The molecule has 0 unspecified atom stereocenters. The lowest BCUT2D eigenvalue weighted by Crippen LogP contribution is -2.17. The summed E-state index contributed by atoms with van der Waals surface area (Å²) in [6.07, 6.45) is 1.50. The van der Waals surface area contributed by atoms with Gasteiger partial charge in [0.15, 0.2) is 11.5 Å². The van der Waals surface area contributed by atoms with Crippen molar-refractivity contribution in [1.82, 2.24) is 5.43 Å². The molecule has 7 nitrogen and oxygen atoms in total. The normalized spacial score (nSPS) is 10.7. The zero-order valence-electron chi connectivity index (χ0n) is 18.6. The van der Waals surface area contributed by atoms with Crippen molar-refractivity contribution in [1.29, 1.82) is 0 Å². The van der Waals surface area contributed by atoms with Gasteiger partial charge in [-0.25, -0.2) is 9.82 Å². The van der Waals surface area contributed by atoms with E-state index in [0.717, 1.165) is 5.56 Å². The smallest absolute Gasteiger partial charge is 0.271 e. The number of benzene rings is 3. The van der Waals surface area contributed by atoms with Crippen molar-refractivity contribution in [2.24, 2.45) is 5.10 Å². The first-order valence-corrected chi connectivity index (χ1v) is 10.2. The van der Waals surface area contributed by atoms with Crippen molar-refractivity contribution in [2.45, 2.75) is 13.5 Å². The van der Waals surface area contributed by atoms with Crippen LogP contribution in [0.1, 0.15) is 28.4 Å². The van der Waals surface area contributed by atoms with Gasteiger partial charge in [0.1, 0.15) is 23.9 Å². The van der Waals surface area contributed by atoms with Crippen molar-refractivity contribution in [3.8, 4) is 23.0 Å². The Balaban J connectivity index is 1.67. The fourth-order valence-electron chi connectivity index (χ4n) is 2.90. The first-order chi connectivity index (χ1) is 16.0. The maximum Gasteiger partial charge on any atom is 0.271 e. The van der Waals surface area contributed by atoms with Crippen LogP contribution in [-0.4, -0.2) is 32.9 Å². The molecule has 3 aromatic carbocycles. The number of methoxy groups -OCH3 is 2. The van der Waals surface area contributed by atoms with Crippen LogP contribution in [0.15, 0.2) is 65.8 Å². The summed E-state index contributed by atoms with van der Waals surface area (Å²) in [5, 5.41) is 4.02.